The van der Waals surface area contributed by atoms with E-state index in [1.54, 1.807) is 6.92 Å². The molecule has 0 saturated heterocycles. The lowest BCUT2D eigenvalue weighted by Gasteiger charge is -2.05. The van der Waals surface area contributed by atoms with Crippen molar-refractivity contribution in [3.8, 4) is 0 Å². The van der Waals surface area contributed by atoms with Gasteiger partial charge in [-0.2, -0.15) is 0 Å². The van der Waals surface area contributed by atoms with Crippen LogP contribution in [0.25, 0.3) is 0 Å². The van der Waals surface area contributed by atoms with Crippen LogP contribution in [0.4, 0.5) is 0 Å². The van der Waals surface area contributed by atoms with E-state index < -0.39 is 12.0 Å². The van der Waals surface area contributed by atoms with Crippen LogP contribution in [-0.2, 0) is 0 Å². The highest BCUT2D eigenvalue weighted by molar-refractivity contribution is 5.93. The van der Waals surface area contributed by atoms with Crippen LogP contribution in [-0.4, -0.2) is 28.6 Å². The van der Waals surface area contributed by atoms with Gasteiger partial charge in [0.25, 0.3) is 5.91 Å². The first-order valence-electron chi connectivity index (χ1n) is 4.74. The molecule has 0 aliphatic rings. The predicted octanol–water partition coefficient (Wildman–Crippen LogP) is -0.124. The Bertz CT molecular complexity index is 384. The molecule has 5 nitrogen and oxygen atoms in total. The minimum atomic E-state index is -0.459. The minimum absolute atomic E-state index is 0.0862. The average Bonchev–Trinajstić information content (AvgIpc) is 2.17. The topological polar surface area (TPSA) is 82.2 Å². The van der Waals surface area contributed by atoms with E-state index in [4.69, 9.17) is 5.11 Å². The van der Waals surface area contributed by atoms with Crippen molar-refractivity contribution in [3.05, 3.63) is 34.2 Å². The number of rotatable bonds is 4. The highest BCUT2D eigenvalue weighted by Crippen LogP contribution is 1.90. The number of amides is 1. The highest BCUT2D eigenvalue weighted by Gasteiger charge is 2.08. The Labute approximate surface area is 87.1 Å². The van der Waals surface area contributed by atoms with E-state index in [-0.39, 0.29) is 11.0 Å². The Hall–Kier alpha value is -1.62. The van der Waals surface area contributed by atoms with Crippen molar-refractivity contribution in [2.45, 2.75) is 19.4 Å². The number of aliphatic hydroxyl groups excluding tert-OH is 1. The molecular weight excluding hydrogens is 196 g/mol. The fourth-order valence-electron chi connectivity index (χ4n) is 1.08. The van der Waals surface area contributed by atoms with Gasteiger partial charge in [-0.15, -0.1) is 0 Å². The molecule has 82 valence electrons. The van der Waals surface area contributed by atoms with E-state index in [1.165, 1.54) is 18.5 Å². The van der Waals surface area contributed by atoms with E-state index in [1.807, 2.05) is 0 Å². The van der Waals surface area contributed by atoms with Crippen molar-refractivity contribution < 1.29 is 9.90 Å². The second-order valence-corrected chi connectivity index (χ2v) is 3.32. The van der Waals surface area contributed by atoms with Crippen LogP contribution in [0.5, 0.6) is 0 Å². The second kappa shape index (κ2) is 5.31. The van der Waals surface area contributed by atoms with Crippen LogP contribution < -0.4 is 10.7 Å². The molecule has 1 aromatic rings. The number of hydrogen-bond donors (Lipinski definition) is 3. The van der Waals surface area contributed by atoms with Gasteiger partial charge >= 0.3 is 0 Å². The second-order valence-electron chi connectivity index (χ2n) is 3.32. The third-order valence-electron chi connectivity index (χ3n) is 1.92. The molecule has 1 atom stereocenters. The number of aliphatic hydroxyl groups is 1. The van der Waals surface area contributed by atoms with Crippen LogP contribution >= 0.6 is 0 Å². The number of H-pyrrole nitrogens is 1. The number of aromatic nitrogens is 1. The van der Waals surface area contributed by atoms with E-state index in [9.17, 15) is 9.59 Å². The van der Waals surface area contributed by atoms with Crippen molar-refractivity contribution in [1.29, 1.82) is 0 Å². The lowest BCUT2D eigenvalue weighted by atomic mass is 10.2. The molecule has 1 aromatic heterocycles. The largest absolute Gasteiger partial charge is 0.393 e. The van der Waals surface area contributed by atoms with E-state index in [0.29, 0.717) is 13.0 Å². The van der Waals surface area contributed by atoms with Crippen molar-refractivity contribution in [1.82, 2.24) is 10.3 Å². The van der Waals surface area contributed by atoms with Gasteiger partial charge in [0, 0.05) is 25.0 Å². The molecule has 0 aliphatic heterocycles. The molecule has 0 saturated carbocycles. The molecule has 1 rings (SSSR count). The Morgan fingerprint density at radius 1 is 1.67 bits per heavy atom. The maximum absolute atomic E-state index is 11.4. The molecule has 1 unspecified atom stereocenters. The summed E-state index contributed by atoms with van der Waals surface area (Å²) in [5, 5.41) is 11.5. The molecule has 0 aromatic carbocycles. The van der Waals surface area contributed by atoms with E-state index in [2.05, 4.69) is 10.3 Å². The van der Waals surface area contributed by atoms with Gasteiger partial charge in [-0.25, -0.2) is 0 Å². The minimum Gasteiger partial charge on any atom is -0.393 e. The number of aromatic amines is 1. The third kappa shape index (κ3) is 3.55. The fourth-order valence-corrected chi connectivity index (χ4v) is 1.08. The number of carbonyl (C=O) groups excluding carboxylic acids is 1. The molecule has 0 bridgehead atoms. The Kier molecular flexibility index (Phi) is 4.05. The van der Waals surface area contributed by atoms with Crippen molar-refractivity contribution in [3.63, 3.8) is 0 Å². The van der Waals surface area contributed by atoms with Gasteiger partial charge in [-0.3, -0.25) is 9.59 Å². The first kappa shape index (κ1) is 11.5. The molecule has 1 heterocycles. The standard InChI is InChI=1S/C10H14N2O3/c1-7(13)2-5-12-10(15)8-6-11-4-3-9(8)14/h3-4,6-7,13H,2,5H2,1H3,(H,11,14)(H,12,15). The normalized spacial score (nSPS) is 12.1. The van der Waals surface area contributed by atoms with Gasteiger partial charge in [0.05, 0.1) is 6.10 Å². The molecule has 15 heavy (non-hydrogen) atoms. The van der Waals surface area contributed by atoms with Crippen molar-refractivity contribution in [2.75, 3.05) is 6.54 Å². The summed E-state index contributed by atoms with van der Waals surface area (Å²) in [5.74, 6) is -0.419. The highest BCUT2D eigenvalue weighted by atomic mass is 16.3. The number of pyridine rings is 1. The zero-order valence-corrected chi connectivity index (χ0v) is 8.49. The molecule has 0 fully saturated rings. The van der Waals surface area contributed by atoms with Crippen molar-refractivity contribution in [2.24, 2.45) is 0 Å². The van der Waals surface area contributed by atoms with Gasteiger partial charge in [-0.05, 0) is 13.3 Å². The molecular formula is C10H14N2O3. The summed E-state index contributed by atoms with van der Waals surface area (Å²) in [4.78, 5) is 25.3. The molecule has 0 radical (unpaired) electrons. The van der Waals surface area contributed by atoms with E-state index >= 15 is 0 Å². The van der Waals surface area contributed by atoms with Gasteiger partial charge in [0.2, 0.25) is 0 Å². The van der Waals surface area contributed by atoms with Gasteiger partial charge in [0.1, 0.15) is 5.56 Å². The Balaban J connectivity index is 2.55. The SMILES string of the molecule is CC(O)CCNC(=O)c1c[nH]ccc1=O. The summed E-state index contributed by atoms with van der Waals surface area (Å²) < 4.78 is 0. The molecule has 0 aliphatic carbocycles. The van der Waals surface area contributed by atoms with Crippen LogP contribution in [0.2, 0.25) is 0 Å². The molecule has 0 spiro atoms. The fraction of sp³-hybridized carbons (Fsp3) is 0.400. The van der Waals surface area contributed by atoms with Crippen LogP contribution in [0.15, 0.2) is 23.3 Å². The van der Waals surface area contributed by atoms with E-state index in [0.717, 1.165) is 0 Å². The number of carbonyl (C=O) groups is 1. The number of nitrogens with one attached hydrogen (secondary N) is 2. The smallest absolute Gasteiger partial charge is 0.256 e. The third-order valence-corrected chi connectivity index (χ3v) is 1.92. The summed E-state index contributed by atoms with van der Waals surface area (Å²) in [6.45, 7) is 1.99. The van der Waals surface area contributed by atoms with Crippen LogP contribution in [0, 0.1) is 0 Å². The summed E-state index contributed by atoms with van der Waals surface area (Å²) in [7, 11) is 0. The quantitative estimate of drug-likeness (QED) is 0.647. The first-order chi connectivity index (χ1) is 7.11. The number of hydrogen-bond acceptors (Lipinski definition) is 3. The molecule has 5 heteroatoms. The van der Waals surface area contributed by atoms with Crippen LogP contribution in [0.1, 0.15) is 23.7 Å². The molecule has 3 N–H and O–H groups in total. The average molecular weight is 210 g/mol. The lowest BCUT2D eigenvalue weighted by Crippen LogP contribution is -2.30. The Morgan fingerprint density at radius 2 is 2.40 bits per heavy atom. The summed E-state index contributed by atoms with van der Waals surface area (Å²) in [5.41, 5.74) is -0.230. The molecule has 1 amide bonds. The van der Waals surface area contributed by atoms with Gasteiger partial charge in [0.15, 0.2) is 5.43 Å². The maximum atomic E-state index is 11.4. The first-order valence-corrected chi connectivity index (χ1v) is 4.74. The monoisotopic (exact) mass is 210 g/mol. The Morgan fingerprint density at radius 3 is 3.00 bits per heavy atom. The van der Waals surface area contributed by atoms with Gasteiger partial charge in [-0.1, -0.05) is 0 Å². The zero-order chi connectivity index (χ0) is 11.3. The summed E-state index contributed by atoms with van der Waals surface area (Å²) >= 11 is 0. The van der Waals surface area contributed by atoms with Crippen molar-refractivity contribution >= 4 is 5.91 Å². The summed E-state index contributed by atoms with van der Waals surface area (Å²) in [6.07, 6.45) is 2.84. The summed E-state index contributed by atoms with van der Waals surface area (Å²) in [6, 6.07) is 1.30. The zero-order valence-electron chi connectivity index (χ0n) is 8.49. The maximum Gasteiger partial charge on any atom is 0.256 e. The lowest BCUT2D eigenvalue weighted by molar-refractivity contribution is 0.0944. The van der Waals surface area contributed by atoms with Gasteiger partial charge < -0.3 is 15.4 Å². The van der Waals surface area contributed by atoms with Crippen LogP contribution in [0.3, 0.4) is 0 Å². The predicted molar refractivity (Wildman–Crippen MR) is 55.7 cm³/mol.